The van der Waals surface area contributed by atoms with Gasteiger partial charge in [0.25, 0.3) is 5.91 Å². The molecule has 4 nitrogen and oxygen atoms in total. The first-order valence-corrected chi connectivity index (χ1v) is 6.14. The molecule has 0 spiro atoms. The molecule has 1 aromatic carbocycles. The minimum atomic E-state index is -0.177. The van der Waals surface area contributed by atoms with E-state index in [0.29, 0.717) is 12.2 Å². The number of hydrogen-bond donors (Lipinski definition) is 1. The quantitative estimate of drug-likeness (QED) is 0.868. The first kappa shape index (κ1) is 15.1. The van der Waals surface area contributed by atoms with Gasteiger partial charge in [-0.3, -0.25) is 4.79 Å². The Balaban J connectivity index is 2.97. The van der Waals surface area contributed by atoms with E-state index in [2.05, 4.69) is 0 Å². The van der Waals surface area contributed by atoms with E-state index in [0.717, 1.165) is 0 Å². The molecule has 0 heterocycles. The van der Waals surface area contributed by atoms with E-state index in [-0.39, 0.29) is 27.7 Å². The number of nitrogen functional groups attached to an aromatic ring is 1. The zero-order valence-electron chi connectivity index (χ0n) is 10.5. The van der Waals surface area contributed by atoms with Gasteiger partial charge in [-0.05, 0) is 19.1 Å². The van der Waals surface area contributed by atoms with E-state index >= 15 is 0 Å². The van der Waals surface area contributed by atoms with Crippen molar-refractivity contribution in [2.75, 3.05) is 26.5 Å². The Morgan fingerprint density at radius 2 is 1.94 bits per heavy atom. The molecule has 1 rings (SSSR count). The fourth-order valence-electron chi connectivity index (χ4n) is 1.46. The van der Waals surface area contributed by atoms with Crippen LogP contribution in [0, 0.1) is 0 Å². The molecule has 1 aromatic rings. The molecule has 1 unspecified atom stereocenters. The summed E-state index contributed by atoms with van der Waals surface area (Å²) in [4.78, 5) is 13.8. The highest BCUT2D eigenvalue weighted by molar-refractivity contribution is 6.39. The van der Waals surface area contributed by atoms with Gasteiger partial charge in [-0.15, -0.1) is 0 Å². The normalized spacial score (nSPS) is 12.3. The van der Waals surface area contributed by atoms with Crippen molar-refractivity contribution < 1.29 is 9.53 Å². The van der Waals surface area contributed by atoms with Crippen molar-refractivity contribution in [2.45, 2.75) is 13.0 Å². The smallest absolute Gasteiger partial charge is 0.254 e. The summed E-state index contributed by atoms with van der Waals surface area (Å²) >= 11 is 11.8. The molecule has 0 saturated heterocycles. The van der Waals surface area contributed by atoms with Crippen LogP contribution in [-0.4, -0.2) is 37.6 Å². The van der Waals surface area contributed by atoms with Crippen molar-refractivity contribution in [3.8, 4) is 0 Å². The first-order valence-electron chi connectivity index (χ1n) is 5.39. The fourth-order valence-corrected chi connectivity index (χ4v) is 1.95. The van der Waals surface area contributed by atoms with Crippen molar-refractivity contribution in [1.82, 2.24) is 4.90 Å². The third-order valence-electron chi connectivity index (χ3n) is 2.72. The number of nitrogens with zero attached hydrogens (tertiary/aromatic N) is 1. The largest absolute Gasteiger partial charge is 0.396 e. The monoisotopic (exact) mass is 290 g/mol. The Labute approximate surface area is 117 Å². The summed E-state index contributed by atoms with van der Waals surface area (Å²) in [5, 5.41) is 0.553. The van der Waals surface area contributed by atoms with E-state index in [1.165, 1.54) is 12.1 Å². The minimum Gasteiger partial charge on any atom is -0.396 e. The number of methoxy groups -OCH3 is 1. The van der Waals surface area contributed by atoms with Crippen LogP contribution in [0.25, 0.3) is 0 Å². The molecule has 0 aliphatic carbocycles. The molecule has 2 N–H and O–H groups in total. The molecule has 0 aliphatic heterocycles. The molecule has 0 radical (unpaired) electrons. The zero-order chi connectivity index (χ0) is 13.9. The van der Waals surface area contributed by atoms with Crippen molar-refractivity contribution in [3.05, 3.63) is 27.7 Å². The predicted octanol–water partition coefficient (Wildman–Crippen LogP) is 2.68. The lowest BCUT2D eigenvalue weighted by Crippen LogP contribution is -2.37. The lowest BCUT2D eigenvalue weighted by molar-refractivity contribution is 0.0633. The molecule has 0 aromatic heterocycles. The highest BCUT2D eigenvalue weighted by Gasteiger charge is 2.19. The van der Waals surface area contributed by atoms with Crippen LogP contribution in [0.1, 0.15) is 17.3 Å². The molecule has 0 aliphatic rings. The van der Waals surface area contributed by atoms with Crippen LogP contribution in [0.5, 0.6) is 0 Å². The predicted molar refractivity (Wildman–Crippen MR) is 74.3 cm³/mol. The Bertz CT molecular complexity index is 429. The van der Waals surface area contributed by atoms with E-state index in [1.54, 1.807) is 19.1 Å². The number of halogens is 2. The Hall–Kier alpha value is -0.970. The number of carbonyl (C=O) groups excluding carboxylic acids is 1. The number of rotatable bonds is 4. The molecule has 0 saturated carbocycles. The van der Waals surface area contributed by atoms with Gasteiger partial charge in [0.1, 0.15) is 0 Å². The summed E-state index contributed by atoms with van der Waals surface area (Å²) in [5.74, 6) is -0.177. The number of hydrogen-bond acceptors (Lipinski definition) is 3. The molecule has 6 heteroatoms. The lowest BCUT2D eigenvalue weighted by Gasteiger charge is -2.24. The third kappa shape index (κ3) is 3.28. The van der Waals surface area contributed by atoms with Crippen LogP contribution in [0.4, 0.5) is 5.69 Å². The summed E-state index contributed by atoms with van der Waals surface area (Å²) in [7, 11) is 3.29. The van der Waals surface area contributed by atoms with E-state index in [1.807, 2.05) is 6.92 Å². The second kappa shape index (κ2) is 6.27. The number of nitrogens with two attached hydrogens (primary N) is 1. The zero-order valence-corrected chi connectivity index (χ0v) is 12.0. The van der Waals surface area contributed by atoms with Crippen molar-refractivity contribution in [1.29, 1.82) is 0 Å². The number of anilines is 1. The van der Waals surface area contributed by atoms with Gasteiger partial charge in [-0.25, -0.2) is 0 Å². The third-order valence-corrected chi connectivity index (χ3v) is 3.34. The van der Waals surface area contributed by atoms with Gasteiger partial charge < -0.3 is 15.4 Å². The van der Waals surface area contributed by atoms with Gasteiger partial charge in [0.2, 0.25) is 0 Å². The van der Waals surface area contributed by atoms with E-state index < -0.39 is 0 Å². The maximum absolute atomic E-state index is 12.2. The summed E-state index contributed by atoms with van der Waals surface area (Å²) in [6.45, 7) is 2.35. The highest BCUT2D eigenvalue weighted by atomic mass is 35.5. The summed E-state index contributed by atoms with van der Waals surface area (Å²) in [6.07, 6.45) is 0. The Morgan fingerprint density at radius 3 is 2.39 bits per heavy atom. The number of ether oxygens (including phenoxy) is 1. The number of likely N-dealkylation sites (N-methyl/N-ethyl adjacent to an activating group) is 1. The molecule has 100 valence electrons. The van der Waals surface area contributed by atoms with Gasteiger partial charge in [0.05, 0.1) is 28.4 Å². The second-order valence-corrected chi connectivity index (χ2v) is 4.89. The summed E-state index contributed by atoms with van der Waals surface area (Å²) in [5.41, 5.74) is 6.31. The maximum atomic E-state index is 12.2. The number of benzene rings is 1. The average molecular weight is 291 g/mol. The molecule has 0 bridgehead atoms. The van der Waals surface area contributed by atoms with Crippen LogP contribution in [-0.2, 0) is 4.74 Å². The van der Waals surface area contributed by atoms with Crippen LogP contribution in [0.3, 0.4) is 0 Å². The molecular weight excluding hydrogens is 275 g/mol. The van der Waals surface area contributed by atoms with Gasteiger partial charge in [0.15, 0.2) is 0 Å². The first-order chi connectivity index (χ1) is 8.38. The van der Waals surface area contributed by atoms with E-state index in [4.69, 9.17) is 33.7 Å². The molecule has 1 atom stereocenters. The van der Waals surface area contributed by atoms with Crippen molar-refractivity contribution in [3.63, 3.8) is 0 Å². The number of amides is 1. The summed E-state index contributed by atoms with van der Waals surface area (Å²) < 4.78 is 5.01. The van der Waals surface area contributed by atoms with E-state index in [9.17, 15) is 4.79 Å². The fraction of sp³-hybridized carbons (Fsp3) is 0.417. The molecular formula is C12H16Cl2N2O2. The van der Waals surface area contributed by atoms with Crippen LogP contribution in [0.15, 0.2) is 12.1 Å². The highest BCUT2D eigenvalue weighted by Crippen LogP contribution is 2.29. The minimum absolute atomic E-state index is 0.0439. The van der Waals surface area contributed by atoms with Crippen molar-refractivity contribution in [2.24, 2.45) is 0 Å². The van der Waals surface area contributed by atoms with Crippen molar-refractivity contribution >= 4 is 34.8 Å². The molecule has 18 heavy (non-hydrogen) atoms. The van der Waals surface area contributed by atoms with Crippen LogP contribution >= 0.6 is 23.2 Å². The van der Waals surface area contributed by atoms with Gasteiger partial charge >= 0.3 is 0 Å². The molecule has 1 amide bonds. The van der Waals surface area contributed by atoms with Gasteiger partial charge in [0, 0.05) is 19.7 Å². The standard InChI is InChI=1S/C12H16Cl2N2O2/c1-7(6-18-3)16(2)12(17)8-4-9(13)11(15)10(14)5-8/h4-5,7H,6,15H2,1-3H3. The van der Waals surface area contributed by atoms with Gasteiger partial charge in [-0.1, -0.05) is 23.2 Å². The Kier molecular flexibility index (Phi) is 5.26. The number of carbonyl (C=O) groups is 1. The van der Waals surface area contributed by atoms with Gasteiger partial charge in [-0.2, -0.15) is 0 Å². The second-order valence-electron chi connectivity index (χ2n) is 4.07. The van der Waals surface area contributed by atoms with Crippen LogP contribution in [0.2, 0.25) is 10.0 Å². The molecule has 0 fully saturated rings. The summed E-state index contributed by atoms with van der Waals surface area (Å²) in [6, 6.07) is 2.99. The van der Waals surface area contributed by atoms with Crippen LogP contribution < -0.4 is 5.73 Å². The maximum Gasteiger partial charge on any atom is 0.254 e. The lowest BCUT2D eigenvalue weighted by atomic mass is 10.1. The topological polar surface area (TPSA) is 55.6 Å². The SMILES string of the molecule is COCC(C)N(C)C(=O)c1cc(Cl)c(N)c(Cl)c1. The average Bonchev–Trinajstić information content (AvgIpc) is 2.33. The Morgan fingerprint density at radius 1 is 1.44 bits per heavy atom.